The van der Waals surface area contributed by atoms with Crippen molar-refractivity contribution in [3.63, 3.8) is 0 Å². The Hall–Kier alpha value is -3.35. The third-order valence-corrected chi connectivity index (χ3v) is 5.39. The van der Waals surface area contributed by atoms with Crippen molar-refractivity contribution in [2.24, 2.45) is 5.92 Å². The highest BCUT2D eigenvalue weighted by Gasteiger charge is 2.30. The number of hydrogen-bond donors (Lipinski definition) is 3. The number of carbonyl (C=O) groups is 3. The SMILES string of the molecule is CC(C)CC(NC(=O)OCC1c2ccccc2-c2ccccc21)C(=O)NC(C)C(=O)O. The molecule has 0 aromatic heterocycles. The number of fused-ring (bicyclic) bond motifs is 3. The molecule has 7 heteroatoms. The molecule has 0 saturated heterocycles. The second-order valence-electron chi connectivity index (χ2n) is 8.22. The van der Waals surface area contributed by atoms with Crippen LogP contribution in [-0.4, -0.2) is 41.8 Å². The largest absolute Gasteiger partial charge is 0.480 e. The standard InChI is InChI=1S/C24H28N2O5/c1-14(2)12-21(22(27)25-15(3)23(28)29)26-24(30)31-13-20-18-10-6-4-8-16(18)17-9-5-7-11-19(17)20/h4-11,14-15,20-21H,12-13H2,1-3H3,(H,25,27)(H,26,30)(H,28,29). The van der Waals surface area contributed by atoms with E-state index in [1.54, 1.807) is 0 Å². The summed E-state index contributed by atoms with van der Waals surface area (Å²) < 4.78 is 5.51. The summed E-state index contributed by atoms with van der Waals surface area (Å²) in [4.78, 5) is 36.0. The van der Waals surface area contributed by atoms with Gasteiger partial charge in [-0.2, -0.15) is 0 Å². The summed E-state index contributed by atoms with van der Waals surface area (Å²) in [5, 5.41) is 14.0. The van der Waals surface area contributed by atoms with Crippen LogP contribution in [-0.2, 0) is 14.3 Å². The molecule has 0 aliphatic heterocycles. The Morgan fingerprint density at radius 1 is 0.935 bits per heavy atom. The summed E-state index contributed by atoms with van der Waals surface area (Å²) in [6.45, 7) is 5.35. The van der Waals surface area contributed by atoms with Gasteiger partial charge in [0.05, 0.1) is 0 Å². The summed E-state index contributed by atoms with van der Waals surface area (Å²) in [5.74, 6) is -1.65. The fourth-order valence-corrected chi connectivity index (χ4v) is 3.86. The number of carboxylic acid groups (broad SMARTS) is 1. The molecular weight excluding hydrogens is 396 g/mol. The Kier molecular flexibility index (Phi) is 6.95. The molecule has 1 aliphatic rings. The maximum atomic E-state index is 12.5. The van der Waals surface area contributed by atoms with E-state index >= 15 is 0 Å². The average Bonchev–Trinajstić information content (AvgIpc) is 3.05. The van der Waals surface area contributed by atoms with Crippen LogP contribution in [0.5, 0.6) is 0 Å². The van der Waals surface area contributed by atoms with Crippen LogP contribution >= 0.6 is 0 Å². The van der Waals surface area contributed by atoms with Crippen molar-refractivity contribution in [3.05, 3.63) is 59.7 Å². The van der Waals surface area contributed by atoms with Gasteiger partial charge in [0.1, 0.15) is 18.7 Å². The first-order valence-corrected chi connectivity index (χ1v) is 10.4. The van der Waals surface area contributed by atoms with E-state index in [0.717, 1.165) is 22.3 Å². The van der Waals surface area contributed by atoms with Gasteiger partial charge in [0.15, 0.2) is 0 Å². The Labute approximate surface area is 181 Å². The summed E-state index contributed by atoms with van der Waals surface area (Å²) in [5.41, 5.74) is 4.46. The van der Waals surface area contributed by atoms with Crippen LogP contribution in [0.3, 0.4) is 0 Å². The molecule has 2 unspecified atom stereocenters. The van der Waals surface area contributed by atoms with Crippen molar-refractivity contribution in [2.75, 3.05) is 6.61 Å². The zero-order chi connectivity index (χ0) is 22.5. The summed E-state index contributed by atoms with van der Waals surface area (Å²) in [6.07, 6.45) is -0.340. The lowest BCUT2D eigenvalue weighted by Gasteiger charge is -2.22. The highest BCUT2D eigenvalue weighted by Crippen LogP contribution is 2.44. The number of amides is 2. The van der Waals surface area contributed by atoms with E-state index in [-0.39, 0.29) is 18.4 Å². The number of carbonyl (C=O) groups excluding carboxylic acids is 2. The molecule has 3 N–H and O–H groups in total. The summed E-state index contributed by atoms with van der Waals surface area (Å²) in [6, 6.07) is 14.1. The van der Waals surface area contributed by atoms with Crippen LogP contribution < -0.4 is 10.6 Å². The number of benzene rings is 2. The first-order chi connectivity index (χ1) is 14.8. The minimum Gasteiger partial charge on any atom is -0.480 e. The van der Waals surface area contributed by atoms with E-state index in [0.29, 0.717) is 6.42 Å². The molecule has 2 aromatic carbocycles. The fourth-order valence-electron chi connectivity index (χ4n) is 3.86. The predicted molar refractivity (Wildman–Crippen MR) is 117 cm³/mol. The van der Waals surface area contributed by atoms with Crippen LogP contribution in [0.25, 0.3) is 11.1 Å². The van der Waals surface area contributed by atoms with Crippen LogP contribution in [0, 0.1) is 5.92 Å². The van der Waals surface area contributed by atoms with E-state index < -0.39 is 30.1 Å². The van der Waals surface area contributed by atoms with Crippen molar-refractivity contribution >= 4 is 18.0 Å². The molecule has 7 nitrogen and oxygen atoms in total. The van der Waals surface area contributed by atoms with E-state index in [9.17, 15) is 14.4 Å². The first kappa shape index (κ1) is 22.3. The Morgan fingerprint density at radius 2 is 1.48 bits per heavy atom. The molecular formula is C24H28N2O5. The topological polar surface area (TPSA) is 105 Å². The minimum atomic E-state index is -1.14. The Bertz CT molecular complexity index is 926. The second-order valence-corrected chi connectivity index (χ2v) is 8.22. The zero-order valence-corrected chi connectivity index (χ0v) is 17.9. The molecule has 0 saturated carbocycles. The summed E-state index contributed by atoms with van der Waals surface area (Å²) in [7, 11) is 0. The van der Waals surface area contributed by atoms with E-state index in [1.807, 2.05) is 50.2 Å². The van der Waals surface area contributed by atoms with Gasteiger partial charge < -0.3 is 20.5 Å². The van der Waals surface area contributed by atoms with Crippen molar-refractivity contribution in [1.82, 2.24) is 10.6 Å². The van der Waals surface area contributed by atoms with Crippen LogP contribution in [0.1, 0.15) is 44.2 Å². The number of alkyl carbamates (subject to hydrolysis) is 1. The molecule has 31 heavy (non-hydrogen) atoms. The van der Waals surface area contributed by atoms with Gasteiger partial charge >= 0.3 is 12.1 Å². The molecule has 164 valence electrons. The van der Waals surface area contributed by atoms with Gasteiger partial charge in [0.25, 0.3) is 0 Å². The van der Waals surface area contributed by atoms with Gasteiger partial charge in [-0.05, 0) is 41.5 Å². The molecule has 3 rings (SSSR count). The third-order valence-electron chi connectivity index (χ3n) is 5.39. The summed E-state index contributed by atoms with van der Waals surface area (Å²) >= 11 is 0. The third kappa shape index (κ3) is 5.23. The molecule has 0 heterocycles. The Balaban J connectivity index is 1.66. The maximum absolute atomic E-state index is 12.5. The van der Waals surface area contributed by atoms with Crippen molar-refractivity contribution in [2.45, 2.75) is 45.2 Å². The van der Waals surface area contributed by atoms with E-state index in [2.05, 4.69) is 22.8 Å². The molecule has 0 radical (unpaired) electrons. The molecule has 0 spiro atoms. The number of rotatable bonds is 8. The van der Waals surface area contributed by atoms with Gasteiger partial charge in [-0.1, -0.05) is 62.4 Å². The lowest BCUT2D eigenvalue weighted by atomic mass is 9.98. The van der Waals surface area contributed by atoms with Gasteiger partial charge in [0, 0.05) is 5.92 Å². The smallest absolute Gasteiger partial charge is 0.407 e. The Morgan fingerprint density at radius 3 is 2.00 bits per heavy atom. The normalized spacial score (nSPS) is 14.3. The zero-order valence-electron chi connectivity index (χ0n) is 17.9. The van der Waals surface area contributed by atoms with Crippen LogP contribution in [0.15, 0.2) is 48.5 Å². The van der Waals surface area contributed by atoms with Crippen LogP contribution in [0.2, 0.25) is 0 Å². The molecule has 0 bridgehead atoms. The quantitative estimate of drug-likeness (QED) is 0.601. The highest BCUT2D eigenvalue weighted by atomic mass is 16.5. The van der Waals surface area contributed by atoms with Crippen molar-refractivity contribution in [1.29, 1.82) is 0 Å². The number of ether oxygens (including phenoxy) is 1. The first-order valence-electron chi connectivity index (χ1n) is 10.4. The number of carboxylic acids is 1. The van der Waals surface area contributed by atoms with Crippen molar-refractivity contribution < 1.29 is 24.2 Å². The van der Waals surface area contributed by atoms with E-state index in [4.69, 9.17) is 9.84 Å². The minimum absolute atomic E-state index is 0.0810. The number of hydrogen-bond acceptors (Lipinski definition) is 4. The molecule has 1 aliphatic carbocycles. The maximum Gasteiger partial charge on any atom is 0.407 e. The lowest BCUT2D eigenvalue weighted by Crippen LogP contribution is -2.51. The molecule has 0 fully saturated rings. The molecule has 2 atom stereocenters. The van der Waals surface area contributed by atoms with Crippen LogP contribution in [0.4, 0.5) is 4.79 Å². The lowest BCUT2D eigenvalue weighted by molar-refractivity contribution is -0.141. The monoisotopic (exact) mass is 424 g/mol. The second kappa shape index (κ2) is 9.64. The van der Waals surface area contributed by atoms with Gasteiger partial charge in [-0.25, -0.2) is 4.79 Å². The van der Waals surface area contributed by atoms with Gasteiger partial charge in [-0.3, -0.25) is 9.59 Å². The number of aliphatic carboxylic acids is 1. The molecule has 2 amide bonds. The highest BCUT2D eigenvalue weighted by molar-refractivity contribution is 5.89. The number of nitrogens with one attached hydrogen (secondary N) is 2. The predicted octanol–water partition coefficient (Wildman–Crippen LogP) is 3.53. The molecule has 2 aromatic rings. The van der Waals surface area contributed by atoms with E-state index in [1.165, 1.54) is 6.92 Å². The fraction of sp³-hybridized carbons (Fsp3) is 0.375. The van der Waals surface area contributed by atoms with Gasteiger partial charge in [0.2, 0.25) is 5.91 Å². The van der Waals surface area contributed by atoms with Gasteiger partial charge in [-0.15, -0.1) is 0 Å². The van der Waals surface area contributed by atoms with Crippen molar-refractivity contribution in [3.8, 4) is 11.1 Å². The average molecular weight is 424 g/mol.